The number of allylic oxidation sites excluding steroid dienone is 1. The standard InChI is InChI=1S/C9H12N2O/c1-3-5-8-6-10-9(12)11(4-2)7-8/h3,6-7H,1,4-5H2,2H3. The molecule has 0 amide bonds. The van der Waals surface area contributed by atoms with Gasteiger partial charge in [0.25, 0.3) is 0 Å². The Balaban J connectivity index is 3.04. The van der Waals surface area contributed by atoms with E-state index in [2.05, 4.69) is 11.6 Å². The predicted octanol–water partition coefficient (Wildman–Crippen LogP) is 0.992. The van der Waals surface area contributed by atoms with E-state index in [-0.39, 0.29) is 5.69 Å². The number of rotatable bonds is 3. The molecule has 0 radical (unpaired) electrons. The smallest absolute Gasteiger partial charge is 0.299 e. The summed E-state index contributed by atoms with van der Waals surface area (Å²) in [6.45, 7) is 6.20. The van der Waals surface area contributed by atoms with Crippen LogP contribution in [0.25, 0.3) is 0 Å². The summed E-state index contributed by atoms with van der Waals surface area (Å²) >= 11 is 0. The van der Waals surface area contributed by atoms with Crippen LogP contribution in [0.2, 0.25) is 0 Å². The van der Waals surface area contributed by atoms with Crippen LogP contribution in [0.15, 0.2) is 29.8 Å². The van der Waals surface area contributed by atoms with Crippen molar-refractivity contribution < 1.29 is 0 Å². The molecule has 12 heavy (non-hydrogen) atoms. The highest BCUT2D eigenvalue weighted by Crippen LogP contribution is 1.95. The van der Waals surface area contributed by atoms with Crippen molar-refractivity contribution in [3.8, 4) is 0 Å². The Morgan fingerprint density at radius 1 is 1.75 bits per heavy atom. The van der Waals surface area contributed by atoms with Gasteiger partial charge in [-0.05, 0) is 18.9 Å². The normalized spacial score (nSPS) is 9.75. The largest absolute Gasteiger partial charge is 0.347 e. The molecule has 0 atom stereocenters. The van der Waals surface area contributed by atoms with Crippen LogP contribution in [-0.2, 0) is 13.0 Å². The van der Waals surface area contributed by atoms with E-state index in [1.54, 1.807) is 16.8 Å². The fourth-order valence-electron chi connectivity index (χ4n) is 1.000. The van der Waals surface area contributed by atoms with Gasteiger partial charge in [0, 0.05) is 18.9 Å². The lowest BCUT2D eigenvalue weighted by Gasteiger charge is -2.01. The van der Waals surface area contributed by atoms with Gasteiger partial charge in [-0.1, -0.05) is 6.08 Å². The first-order valence-corrected chi connectivity index (χ1v) is 3.94. The molecule has 0 aliphatic heterocycles. The summed E-state index contributed by atoms with van der Waals surface area (Å²) in [5.41, 5.74) is 0.830. The number of hydrogen-bond donors (Lipinski definition) is 0. The lowest BCUT2D eigenvalue weighted by atomic mass is 10.2. The monoisotopic (exact) mass is 164 g/mol. The zero-order chi connectivity index (χ0) is 8.97. The molecular weight excluding hydrogens is 152 g/mol. The van der Waals surface area contributed by atoms with Gasteiger partial charge in [0.2, 0.25) is 0 Å². The Labute approximate surface area is 71.4 Å². The van der Waals surface area contributed by atoms with Gasteiger partial charge in [-0.15, -0.1) is 6.58 Å². The van der Waals surface area contributed by atoms with Crippen molar-refractivity contribution >= 4 is 0 Å². The van der Waals surface area contributed by atoms with Crippen molar-refractivity contribution in [3.63, 3.8) is 0 Å². The van der Waals surface area contributed by atoms with E-state index in [1.165, 1.54) is 0 Å². The molecule has 0 aromatic carbocycles. The molecule has 0 aliphatic carbocycles. The van der Waals surface area contributed by atoms with Crippen LogP contribution < -0.4 is 5.69 Å². The Hall–Kier alpha value is -1.38. The molecule has 0 unspecified atom stereocenters. The number of aryl methyl sites for hydroxylation is 1. The summed E-state index contributed by atoms with van der Waals surface area (Å²) in [5.74, 6) is 0. The van der Waals surface area contributed by atoms with Crippen molar-refractivity contribution in [1.82, 2.24) is 9.55 Å². The topological polar surface area (TPSA) is 34.9 Å². The summed E-state index contributed by atoms with van der Waals surface area (Å²) in [5, 5.41) is 0. The molecule has 0 aliphatic rings. The minimum atomic E-state index is -0.190. The van der Waals surface area contributed by atoms with Crippen LogP contribution in [0.1, 0.15) is 12.5 Å². The SMILES string of the molecule is C=CCc1cnc(=O)n(CC)c1. The van der Waals surface area contributed by atoms with Crippen molar-refractivity contribution in [2.24, 2.45) is 0 Å². The molecule has 3 heteroatoms. The van der Waals surface area contributed by atoms with Crippen LogP contribution in [0.5, 0.6) is 0 Å². The molecule has 0 N–H and O–H groups in total. The highest BCUT2D eigenvalue weighted by atomic mass is 16.1. The van der Waals surface area contributed by atoms with Crippen molar-refractivity contribution in [1.29, 1.82) is 0 Å². The molecule has 0 fully saturated rings. The van der Waals surface area contributed by atoms with Gasteiger partial charge < -0.3 is 0 Å². The molecule has 1 aromatic heterocycles. The molecule has 1 heterocycles. The second kappa shape index (κ2) is 3.85. The maximum Gasteiger partial charge on any atom is 0.347 e. The summed E-state index contributed by atoms with van der Waals surface area (Å²) in [6, 6.07) is 0. The van der Waals surface area contributed by atoms with Gasteiger partial charge in [-0.25, -0.2) is 9.78 Å². The fourth-order valence-corrected chi connectivity index (χ4v) is 1.000. The van der Waals surface area contributed by atoms with Crippen LogP contribution in [0, 0.1) is 0 Å². The molecule has 1 aromatic rings. The van der Waals surface area contributed by atoms with Crippen LogP contribution >= 0.6 is 0 Å². The molecule has 0 saturated heterocycles. The second-order valence-corrected chi connectivity index (χ2v) is 2.52. The van der Waals surface area contributed by atoms with Crippen molar-refractivity contribution in [2.75, 3.05) is 0 Å². The lowest BCUT2D eigenvalue weighted by molar-refractivity contribution is 0.691. The number of nitrogens with zero attached hydrogens (tertiary/aromatic N) is 2. The van der Waals surface area contributed by atoms with Crippen molar-refractivity contribution in [2.45, 2.75) is 19.9 Å². The van der Waals surface area contributed by atoms with Gasteiger partial charge in [-0.3, -0.25) is 4.57 Å². The van der Waals surface area contributed by atoms with E-state index in [0.29, 0.717) is 6.54 Å². The molecule has 0 bridgehead atoms. The first kappa shape index (κ1) is 8.71. The summed E-state index contributed by atoms with van der Waals surface area (Å²) in [7, 11) is 0. The van der Waals surface area contributed by atoms with Crippen LogP contribution in [0.3, 0.4) is 0 Å². The van der Waals surface area contributed by atoms with E-state index >= 15 is 0 Å². The second-order valence-electron chi connectivity index (χ2n) is 2.52. The maximum atomic E-state index is 11.0. The van der Waals surface area contributed by atoms with Crippen LogP contribution in [0.4, 0.5) is 0 Å². The van der Waals surface area contributed by atoms with E-state index in [1.807, 2.05) is 13.1 Å². The minimum absolute atomic E-state index is 0.190. The molecule has 0 saturated carbocycles. The Bertz CT molecular complexity index is 328. The maximum absolute atomic E-state index is 11.0. The quantitative estimate of drug-likeness (QED) is 0.624. The van der Waals surface area contributed by atoms with Gasteiger partial charge in [0.05, 0.1) is 0 Å². The Kier molecular flexibility index (Phi) is 2.80. The first-order chi connectivity index (χ1) is 5.77. The zero-order valence-corrected chi connectivity index (χ0v) is 7.16. The Morgan fingerprint density at radius 3 is 3.08 bits per heavy atom. The van der Waals surface area contributed by atoms with Gasteiger partial charge in [-0.2, -0.15) is 0 Å². The highest BCUT2D eigenvalue weighted by molar-refractivity contribution is 5.07. The third-order valence-corrected chi connectivity index (χ3v) is 1.63. The van der Waals surface area contributed by atoms with E-state index < -0.39 is 0 Å². The average Bonchev–Trinajstić information content (AvgIpc) is 2.09. The molecular formula is C9H12N2O. The van der Waals surface area contributed by atoms with Gasteiger partial charge in [0.1, 0.15) is 0 Å². The third kappa shape index (κ3) is 1.81. The first-order valence-electron chi connectivity index (χ1n) is 3.94. The van der Waals surface area contributed by atoms with Gasteiger partial charge in [0.15, 0.2) is 0 Å². The number of aromatic nitrogens is 2. The molecule has 0 spiro atoms. The minimum Gasteiger partial charge on any atom is -0.299 e. The average molecular weight is 164 g/mol. The van der Waals surface area contributed by atoms with E-state index in [0.717, 1.165) is 12.0 Å². The molecule has 3 nitrogen and oxygen atoms in total. The van der Waals surface area contributed by atoms with Gasteiger partial charge >= 0.3 is 5.69 Å². The van der Waals surface area contributed by atoms with E-state index in [4.69, 9.17) is 0 Å². The summed E-state index contributed by atoms with van der Waals surface area (Å²) in [4.78, 5) is 14.8. The third-order valence-electron chi connectivity index (χ3n) is 1.63. The predicted molar refractivity (Wildman–Crippen MR) is 48.1 cm³/mol. The summed E-state index contributed by atoms with van der Waals surface area (Å²) in [6.07, 6.45) is 5.96. The lowest BCUT2D eigenvalue weighted by Crippen LogP contribution is -2.21. The zero-order valence-electron chi connectivity index (χ0n) is 7.16. The van der Waals surface area contributed by atoms with Crippen molar-refractivity contribution in [3.05, 3.63) is 41.1 Å². The van der Waals surface area contributed by atoms with Crippen LogP contribution in [-0.4, -0.2) is 9.55 Å². The Morgan fingerprint density at radius 2 is 2.50 bits per heavy atom. The fraction of sp³-hybridized carbons (Fsp3) is 0.333. The summed E-state index contributed by atoms with van der Waals surface area (Å²) < 4.78 is 1.58. The molecule has 1 rings (SSSR count). The highest BCUT2D eigenvalue weighted by Gasteiger charge is 1.95. The molecule has 64 valence electrons. The number of hydrogen-bond acceptors (Lipinski definition) is 2. The van der Waals surface area contributed by atoms with E-state index in [9.17, 15) is 4.79 Å².